The van der Waals surface area contributed by atoms with Gasteiger partial charge in [-0.3, -0.25) is 0 Å². The second kappa shape index (κ2) is 8.37. The highest BCUT2D eigenvalue weighted by molar-refractivity contribution is 5.79. The molecule has 156 valence electrons. The van der Waals surface area contributed by atoms with E-state index in [1.807, 2.05) is 44.1 Å². The minimum absolute atomic E-state index is 0.428. The Morgan fingerprint density at radius 1 is 1.03 bits per heavy atom. The van der Waals surface area contributed by atoms with Gasteiger partial charge in [0, 0.05) is 56.0 Å². The van der Waals surface area contributed by atoms with Gasteiger partial charge >= 0.3 is 6.18 Å². The molecule has 0 bridgehead atoms. The lowest BCUT2D eigenvalue weighted by Gasteiger charge is -2.34. The molecule has 0 radical (unpaired) electrons. The van der Waals surface area contributed by atoms with Gasteiger partial charge in [-0.15, -0.1) is 0 Å². The molecule has 29 heavy (non-hydrogen) atoms. The van der Waals surface area contributed by atoms with Crippen molar-refractivity contribution in [2.75, 3.05) is 55.8 Å². The standard InChI is InChI=1S/C22H27F3N4/c1-15-5-6-19(14-21(15)26-3)27-16(2)17-11-18(22(23,24)25)13-20(12-17)29-9-7-28(4)8-10-29/h5-6,11-14,26-27H,2,7-10H2,1,3-4H3. The van der Waals surface area contributed by atoms with Crippen LogP contribution in [0.2, 0.25) is 0 Å². The van der Waals surface area contributed by atoms with Crippen LogP contribution in [0.1, 0.15) is 16.7 Å². The molecule has 2 aromatic carbocycles. The van der Waals surface area contributed by atoms with Crippen molar-refractivity contribution >= 4 is 22.8 Å². The van der Waals surface area contributed by atoms with Gasteiger partial charge in [0.1, 0.15) is 0 Å². The van der Waals surface area contributed by atoms with Crippen LogP contribution in [0.5, 0.6) is 0 Å². The summed E-state index contributed by atoms with van der Waals surface area (Å²) in [5.74, 6) is 0. The molecule has 2 N–H and O–H groups in total. The molecule has 1 aliphatic heterocycles. The zero-order chi connectivity index (χ0) is 21.2. The molecule has 3 rings (SSSR count). The predicted octanol–water partition coefficient (Wildman–Crippen LogP) is 4.89. The molecular weight excluding hydrogens is 377 g/mol. The number of benzene rings is 2. The third-order valence-corrected chi connectivity index (χ3v) is 5.26. The number of hydrogen-bond donors (Lipinski definition) is 2. The molecule has 1 fully saturated rings. The first kappa shape index (κ1) is 21.0. The Morgan fingerprint density at radius 2 is 1.72 bits per heavy atom. The fourth-order valence-electron chi connectivity index (χ4n) is 3.41. The van der Waals surface area contributed by atoms with Crippen LogP contribution < -0.4 is 15.5 Å². The average Bonchev–Trinajstić information content (AvgIpc) is 2.69. The Labute approximate surface area is 170 Å². The zero-order valence-electron chi connectivity index (χ0n) is 17.0. The van der Waals surface area contributed by atoms with Crippen molar-refractivity contribution in [3.8, 4) is 0 Å². The first-order valence-corrected chi connectivity index (χ1v) is 9.58. The van der Waals surface area contributed by atoms with Crippen LogP contribution >= 0.6 is 0 Å². The van der Waals surface area contributed by atoms with Crippen LogP contribution in [0.25, 0.3) is 5.70 Å². The topological polar surface area (TPSA) is 30.5 Å². The molecule has 0 aromatic heterocycles. The summed E-state index contributed by atoms with van der Waals surface area (Å²) in [6, 6.07) is 9.91. The van der Waals surface area contributed by atoms with Crippen LogP contribution in [-0.4, -0.2) is 45.2 Å². The van der Waals surface area contributed by atoms with E-state index < -0.39 is 11.7 Å². The zero-order valence-corrected chi connectivity index (χ0v) is 17.0. The lowest BCUT2D eigenvalue weighted by Crippen LogP contribution is -2.44. The Bertz CT molecular complexity index is 884. The second-order valence-electron chi connectivity index (χ2n) is 7.44. The van der Waals surface area contributed by atoms with E-state index in [0.717, 1.165) is 36.1 Å². The van der Waals surface area contributed by atoms with Gasteiger partial charge in [0.05, 0.1) is 5.56 Å². The number of rotatable bonds is 5. The Hall–Kier alpha value is -2.67. The number of halogens is 3. The summed E-state index contributed by atoms with van der Waals surface area (Å²) < 4.78 is 40.6. The molecular formula is C22H27F3N4. The highest BCUT2D eigenvalue weighted by atomic mass is 19.4. The Balaban J connectivity index is 1.90. The lowest BCUT2D eigenvalue weighted by atomic mass is 10.0. The van der Waals surface area contributed by atoms with E-state index in [1.165, 1.54) is 6.07 Å². The van der Waals surface area contributed by atoms with Crippen molar-refractivity contribution in [2.24, 2.45) is 0 Å². The van der Waals surface area contributed by atoms with Crippen molar-refractivity contribution in [1.82, 2.24) is 4.90 Å². The molecule has 1 aliphatic rings. The summed E-state index contributed by atoms with van der Waals surface area (Å²) in [6.45, 7) is 9.01. The van der Waals surface area contributed by atoms with E-state index in [9.17, 15) is 13.2 Å². The molecule has 0 atom stereocenters. The third kappa shape index (κ3) is 5.03. The van der Waals surface area contributed by atoms with Crippen molar-refractivity contribution in [2.45, 2.75) is 13.1 Å². The monoisotopic (exact) mass is 404 g/mol. The van der Waals surface area contributed by atoms with Crippen LogP contribution in [0, 0.1) is 6.92 Å². The van der Waals surface area contributed by atoms with E-state index in [4.69, 9.17) is 0 Å². The van der Waals surface area contributed by atoms with Gasteiger partial charge in [-0.1, -0.05) is 12.6 Å². The fourth-order valence-corrected chi connectivity index (χ4v) is 3.41. The highest BCUT2D eigenvalue weighted by Gasteiger charge is 2.32. The lowest BCUT2D eigenvalue weighted by molar-refractivity contribution is -0.137. The molecule has 7 heteroatoms. The first-order chi connectivity index (χ1) is 13.7. The van der Waals surface area contributed by atoms with E-state index in [-0.39, 0.29) is 0 Å². The van der Waals surface area contributed by atoms with Gasteiger partial charge in [-0.25, -0.2) is 0 Å². The molecule has 4 nitrogen and oxygen atoms in total. The molecule has 1 saturated heterocycles. The molecule has 0 spiro atoms. The normalized spacial score (nSPS) is 15.3. The SMILES string of the molecule is C=C(Nc1ccc(C)c(NC)c1)c1cc(N2CCN(C)CC2)cc(C(F)(F)F)c1. The maximum atomic E-state index is 13.5. The van der Waals surface area contributed by atoms with Crippen molar-refractivity contribution in [3.05, 3.63) is 59.7 Å². The van der Waals surface area contributed by atoms with Gasteiger partial charge in [0.25, 0.3) is 0 Å². The average molecular weight is 404 g/mol. The van der Waals surface area contributed by atoms with E-state index in [1.54, 1.807) is 6.07 Å². The summed E-state index contributed by atoms with van der Waals surface area (Å²) in [5, 5.41) is 6.25. The Morgan fingerprint density at radius 3 is 2.34 bits per heavy atom. The van der Waals surface area contributed by atoms with Crippen molar-refractivity contribution in [3.63, 3.8) is 0 Å². The predicted molar refractivity (Wildman–Crippen MR) is 115 cm³/mol. The van der Waals surface area contributed by atoms with Crippen LogP contribution in [0.15, 0.2) is 43.0 Å². The maximum Gasteiger partial charge on any atom is 0.416 e. The van der Waals surface area contributed by atoms with Gasteiger partial charge < -0.3 is 20.4 Å². The van der Waals surface area contributed by atoms with Crippen molar-refractivity contribution in [1.29, 1.82) is 0 Å². The summed E-state index contributed by atoms with van der Waals surface area (Å²) in [6.07, 6.45) is -4.42. The number of nitrogens with zero attached hydrogens (tertiary/aromatic N) is 2. The second-order valence-corrected chi connectivity index (χ2v) is 7.44. The van der Waals surface area contributed by atoms with Crippen LogP contribution in [0.4, 0.5) is 30.2 Å². The fraction of sp³-hybridized carbons (Fsp3) is 0.364. The molecule has 1 heterocycles. The summed E-state index contributed by atoms with van der Waals surface area (Å²) >= 11 is 0. The molecule has 0 unspecified atom stereocenters. The third-order valence-electron chi connectivity index (χ3n) is 5.26. The van der Waals surface area contributed by atoms with Gasteiger partial charge in [0.2, 0.25) is 0 Å². The van der Waals surface area contributed by atoms with Crippen LogP contribution in [0.3, 0.4) is 0 Å². The highest BCUT2D eigenvalue weighted by Crippen LogP contribution is 2.35. The molecule has 2 aromatic rings. The van der Waals surface area contributed by atoms with Gasteiger partial charge in [0.15, 0.2) is 0 Å². The van der Waals surface area contributed by atoms with Crippen LogP contribution in [-0.2, 0) is 6.18 Å². The largest absolute Gasteiger partial charge is 0.416 e. The smallest absolute Gasteiger partial charge is 0.388 e. The number of alkyl halides is 3. The number of nitrogens with one attached hydrogen (secondary N) is 2. The number of piperazine rings is 1. The first-order valence-electron chi connectivity index (χ1n) is 9.58. The minimum atomic E-state index is -4.42. The number of aryl methyl sites for hydroxylation is 1. The quantitative estimate of drug-likeness (QED) is 0.743. The molecule has 0 aliphatic carbocycles. The van der Waals surface area contributed by atoms with E-state index in [2.05, 4.69) is 22.1 Å². The summed E-state index contributed by atoms with van der Waals surface area (Å²) in [4.78, 5) is 4.17. The van der Waals surface area contributed by atoms with Gasteiger partial charge in [-0.05, 0) is 55.4 Å². The number of anilines is 3. The van der Waals surface area contributed by atoms with E-state index in [0.29, 0.717) is 30.0 Å². The number of likely N-dealkylation sites (N-methyl/N-ethyl adjacent to an activating group) is 1. The molecule has 0 saturated carbocycles. The van der Waals surface area contributed by atoms with Gasteiger partial charge in [-0.2, -0.15) is 13.2 Å². The van der Waals surface area contributed by atoms with Crippen molar-refractivity contribution < 1.29 is 13.2 Å². The molecule has 0 amide bonds. The minimum Gasteiger partial charge on any atom is -0.388 e. The number of hydrogen-bond acceptors (Lipinski definition) is 4. The maximum absolute atomic E-state index is 13.5. The Kier molecular flexibility index (Phi) is 6.07. The summed E-state index contributed by atoms with van der Waals surface area (Å²) in [5.41, 5.74) is 3.57. The van der Waals surface area contributed by atoms with E-state index >= 15 is 0 Å². The summed E-state index contributed by atoms with van der Waals surface area (Å²) in [7, 11) is 3.84.